The first-order chi connectivity index (χ1) is 16.0. The van der Waals surface area contributed by atoms with Crippen LogP contribution in [0.4, 0.5) is 5.13 Å². The Labute approximate surface area is 201 Å². The van der Waals surface area contributed by atoms with Crippen molar-refractivity contribution in [1.82, 2.24) is 10.2 Å². The highest BCUT2D eigenvalue weighted by atomic mass is 35.5. The number of carboxylic acid groups (broad SMARTS) is 1. The summed E-state index contributed by atoms with van der Waals surface area (Å²) in [7, 11) is 0. The number of carboxylic acids is 1. The molecular formula is C25H24ClN3O3S. The summed E-state index contributed by atoms with van der Waals surface area (Å²) < 4.78 is 0. The lowest BCUT2D eigenvalue weighted by Crippen LogP contribution is -2.17. The van der Waals surface area contributed by atoms with Crippen LogP contribution in [-0.2, 0) is 4.79 Å². The fourth-order valence-electron chi connectivity index (χ4n) is 4.99. The Morgan fingerprint density at radius 2 is 1.79 bits per heavy atom. The van der Waals surface area contributed by atoms with Crippen molar-refractivity contribution in [2.24, 2.45) is 17.8 Å². The Hall–Kier alpha value is -2.77. The van der Waals surface area contributed by atoms with Crippen LogP contribution in [0.3, 0.4) is 0 Å². The number of aliphatic carboxylic acids is 1. The van der Waals surface area contributed by atoms with Gasteiger partial charge in [0, 0.05) is 16.1 Å². The second-order valence-electron chi connectivity index (χ2n) is 8.95. The quantitative estimate of drug-likeness (QED) is 0.443. The van der Waals surface area contributed by atoms with E-state index >= 15 is 0 Å². The summed E-state index contributed by atoms with van der Waals surface area (Å²) in [6, 6.07) is 15.2. The van der Waals surface area contributed by atoms with Crippen LogP contribution in [0, 0.1) is 17.8 Å². The second-order valence-corrected chi connectivity index (χ2v) is 10.4. The fraction of sp³-hybridized carbons (Fsp3) is 0.360. The Bertz CT molecular complexity index is 1170. The Balaban J connectivity index is 1.16. The highest BCUT2D eigenvalue weighted by Gasteiger charge is 2.48. The lowest BCUT2D eigenvalue weighted by atomic mass is 9.76. The smallest absolute Gasteiger partial charge is 0.306 e. The van der Waals surface area contributed by atoms with Crippen molar-refractivity contribution < 1.29 is 14.7 Å². The van der Waals surface area contributed by atoms with Gasteiger partial charge in [-0.05, 0) is 79.7 Å². The highest BCUT2D eigenvalue weighted by molar-refractivity contribution is 7.18. The number of nitrogens with one attached hydrogen (secondary N) is 1. The van der Waals surface area contributed by atoms with Gasteiger partial charge in [-0.2, -0.15) is 0 Å². The molecule has 8 heteroatoms. The monoisotopic (exact) mass is 481 g/mol. The van der Waals surface area contributed by atoms with Crippen LogP contribution in [-0.4, -0.2) is 27.2 Å². The zero-order valence-corrected chi connectivity index (χ0v) is 19.5. The van der Waals surface area contributed by atoms with E-state index in [4.69, 9.17) is 16.7 Å². The van der Waals surface area contributed by atoms with E-state index in [2.05, 4.69) is 15.5 Å². The molecule has 2 N–H and O–H groups in total. The lowest BCUT2D eigenvalue weighted by Gasteiger charge is -2.29. The second kappa shape index (κ2) is 9.23. The molecule has 2 fully saturated rings. The van der Waals surface area contributed by atoms with E-state index < -0.39 is 5.97 Å². The number of hydrogen-bond acceptors (Lipinski definition) is 5. The number of carbonyl (C=O) groups is 2. The van der Waals surface area contributed by atoms with Crippen LogP contribution >= 0.6 is 22.9 Å². The number of carbonyl (C=O) groups excluding carboxylic acids is 1. The van der Waals surface area contributed by atoms with Gasteiger partial charge >= 0.3 is 5.97 Å². The fourth-order valence-corrected chi connectivity index (χ4v) is 5.91. The molecule has 0 aliphatic heterocycles. The summed E-state index contributed by atoms with van der Waals surface area (Å²) >= 11 is 7.34. The molecule has 1 amide bonds. The number of halogens is 1. The van der Waals surface area contributed by atoms with E-state index in [0.29, 0.717) is 38.5 Å². The van der Waals surface area contributed by atoms with Gasteiger partial charge in [0.2, 0.25) is 5.13 Å². The molecule has 1 aromatic heterocycles. The standard InChI is InChI=1S/C25H24ClN3O3S/c26-19-3-1-2-18(12-19)23-28-29-25(33-23)27-22(30)17-10-6-15(7-11-17)14-4-8-16(9-5-14)20-13-21(20)24(31)32/h1-3,6-7,10-12,14,16,20-21H,4-5,8-9,13H2,(H,31,32)(H,27,29,30)/t14-,16-,20?,21-/m0/s1. The average Bonchev–Trinajstić information content (AvgIpc) is 3.51. The molecular weight excluding hydrogens is 458 g/mol. The van der Waals surface area contributed by atoms with Crippen molar-refractivity contribution in [2.75, 3.05) is 5.32 Å². The van der Waals surface area contributed by atoms with E-state index in [0.717, 1.165) is 37.7 Å². The van der Waals surface area contributed by atoms with Crippen LogP contribution < -0.4 is 5.32 Å². The molecule has 33 heavy (non-hydrogen) atoms. The molecule has 0 spiro atoms. The summed E-state index contributed by atoms with van der Waals surface area (Å²) in [6.07, 6.45) is 5.19. The molecule has 0 radical (unpaired) electrons. The minimum atomic E-state index is -0.634. The largest absolute Gasteiger partial charge is 0.481 e. The van der Waals surface area contributed by atoms with Crippen molar-refractivity contribution in [3.05, 3.63) is 64.7 Å². The Kier molecular flexibility index (Phi) is 6.17. The topological polar surface area (TPSA) is 92.2 Å². The van der Waals surface area contributed by atoms with Crippen LogP contribution in [0.2, 0.25) is 5.02 Å². The number of aromatic nitrogens is 2. The maximum Gasteiger partial charge on any atom is 0.306 e. The number of rotatable bonds is 6. The van der Waals surface area contributed by atoms with Crippen molar-refractivity contribution in [3.8, 4) is 10.6 Å². The predicted octanol–water partition coefficient (Wildman–Crippen LogP) is 6.11. The van der Waals surface area contributed by atoms with Gasteiger partial charge in [0.25, 0.3) is 5.91 Å². The summed E-state index contributed by atoms with van der Waals surface area (Å²) in [4.78, 5) is 23.8. The molecule has 1 unspecified atom stereocenters. The molecule has 1 heterocycles. The molecule has 0 saturated heterocycles. The van der Waals surface area contributed by atoms with E-state index in [9.17, 15) is 9.59 Å². The molecule has 2 atom stereocenters. The number of benzene rings is 2. The van der Waals surface area contributed by atoms with Gasteiger partial charge in [0.15, 0.2) is 0 Å². The van der Waals surface area contributed by atoms with E-state index in [1.54, 1.807) is 6.07 Å². The van der Waals surface area contributed by atoms with Gasteiger partial charge in [0.05, 0.1) is 5.92 Å². The van der Waals surface area contributed by atoms with E-state index in [-0.39, 0.29) is 11.8 Å². The van der Waals surface area contributed by atoms with E-state index in [1.165, 1.54) is 16.9 Å². The van der Waals surface area contributed by atoms with Gasteiger partial charge in [-0.15, -0.1) is 10.2 Å². The van der Waals surface area contributed by atoms with Crippen LogP contribution in [0.25, 0.3) is 10.6 Å². The molecule has 2 aromatic carbocycles. The zero-order chi connectivity index (χ0) is 22.9. The molecule has 2 aliphatic rings. The third-order valence-corrected chi connectivity index (χ3v) is 8.02. The molecule has 3 aromatic rings. The van der Waals surface area contributed by atoms with Crippen molar-refractivity contribution in [3.63, 3.8) is 0 Å². The lowest BCUT2D eigenvalue weighted by molar-refractivity contribution is -0.139. The average molecular weight is 482 g/mol. The van der Waals surface area contributed by atoms with Gasteiger partial charge < -0.3 is 5.11 Å². The summed E-state index contributed by atoms with van der Waals surface area (Å²) in [5, 5.41) is 22.0. The Morgan fingerprint density at radius 1 is 1.03 bits per heavy atom. The van der Waals surface area contributed by atoms with Gasteiger partial charge in [0.1, 0.15) is 5.01 Å². The van der Waals surface area contributed by atoms with Gasteiger partial charge in [-0.3, -0.25) is 14.9 Å². The summed E-state index contributed by atoms with van der Waals surface area (Å²) in [5.74, 6) is 0.450. The third-order valence-electron chi connectivity index (χ3n) is 6.90. The van der Waals surface area contributed by atoms with Gasteiger partial charge in [-0.25, -0.2) is 0 Å². The zero-order valence-electron chi connectivity index (χ0n) is 17.9. The number of hydrogen-bond donors (Lipinski definition) is 2. The van der Waals surface area contributed by atoms with Crippen molar-refractivity contribution >= 4 is 39.9 Å². The maximum atomic E-state index is 12.7. The third kappa shape index (κ3) is 4.94. The molecule has 0 bridgehead atoms. The molecule has 2 aliphatic carbocycles. The number of nitrogens with zero attached hydrogens (tertiary/aromatic N) is 2. The van der Waals surface area contributed by atoms with Gasteiger partial charge in [-0.1, -0.05) is 47.2 Å². The summed E-state index contributed by atoms with van der Waals surface area (Å²) in [5.41, 5.74) is 2.68. The first kappa shape index (κ1) is 22.0. The molecule has 170 valence electrons. The number of amides is 1. The maximum absolute atomic E-state index is 12.7. The Morgan fingerprint density at radius 3 is 2.45 bits per heavy atom. The van der Waals surface area contributed by atoms with E-state index in [1.807, 2.05) is 42.5 Å². The highest BCUT2D eigenvalue weighted by Crippen LogP contribution is 2.51. The molecule has 5 rings (SSSR count). The molecule has 2 saturated carbocycles. The predicted molar refractivity (Wildman–Crippen MR) is 129 cm³/mol. The first-order valence-electron chi connectivity index (χ1n) is 11.2. The van der Waals surface area contributed by atoms with Crippen LogP contribution in [0.5, 0.6) is 0 Å². The van der Waals surface area contributed by atoms with Crippen LogP contribution in [0.1, 0.15) is 53.9 Å². The van der Waals surface area contributed by atoms with Crippen molar-refractivity contribution in [2.45, 2.75) is 38.0 Å². The minimum absolute atomic E-state index is 0.112. The molecule has 6 nitrogen and oxygen atoms in total. The van der Waals surface area contributed by atoms with Crippen molar-refractivity contribution in [1.29, 1.82) is 0 Å². The number of anilines is 1. The minimum Gasteiger partial charge on any atom is -0.481 e. The first-order valence-corrected chi connectivity index (χ1v) is 12.4. The normalized spacial score (nSPS) is 24.3. The van der Waals surface area contributed by atoms with Crippen LogP contribution in [0.15, 0.2) is 48.5 Å². The summed E-state index contributed by atoms with van der Waals surface area (Å²) in [6.45, 7) is 0. The SMILES string of the molecule is O=C(Nc1nnc(-c2cccc(Cl)c2)s1)c1ccc([C@H]2CC[C@H](C3C[C@@H]3C(=O)O)CC2)cc1.